The third-order valence-electron chi connectivity index (χ3n) is 3.74. The third kappa shape index (κ3) is 93.6. The zero-order chi connectivity index (χ0) is 56.3. The summed E-state index contributed by atoms with van der Waals surface area (Å²) < 4.78 is 330. The first-order valence-corrected chi connectivity index (χ1v) is 9.82. The summed E-state index contributed by atoms with van der Waals surface area (Å²) in [5, 5.41) is 18.4. The summed E-state index contributed by atoms with van der Waals surface area (Å²) in [6.45, 7) is -0.223. The molecule has 0 bridgehead atoms. The Morgan fingerprint density at radius 2 is 0.460 bits per heavy atom. The Labute approximate surface area is 317 Å². The number of carbonyl (C=O) groups excluding carboxylic acids is 2. The topological polar surface area (TPSA) is 106 Å². The maximum Gasteiger partial charge on any atom is 0.325 e. The quantitative estimate of drug-likeness (QED) is 0.235. The van der Waals surface area contributed by atoms with E-state index < -0.39 is 12.3 Å². The summed E-state index contributed by atoms with van der Waals surface area (Å²) in [5.41, 5.74) is 0. The molecule has 0 spiro atoms. The Bertz CT molecular complexity index is 411. The van der Waals surface area contributed by atoms with Crippen molar-refractivity contribution in [3.8, 4) is 0 Å². The van der Waals surface area contributed by atoms with Gasteiger partial charge in [-0.2, -0.15) is 0 Å². The van der Waals surface area contributed by atoms with Gasteiger partial charge >= 0.3 is 12.1 Å². The van der Waals surface area contributed by atoms with Crippen molar-refractivity contribution in [2.24, 2.45) is 0 Å². The number of ether oxygens (including phenoxy) is 2. The van der Waals surface area contributed by atoms with Crippen LogP contribution >= 0.6 is 0 Å². The van der Waals surface area contributed by atoms with Gasteiger partial charge in [-0.05, 0) is 0 Å². The maximum atomic E-state index is 12.5. The lowest BCUT2D eigenvalue weighted by atomic mass is 10.3. The van der Waals surface area contributed by atoms with Crippen LogP contribution in [0, 0.1) is 0 Å². The Kier molecular flexibility index (Phi) is 503. The van der Waals surface area contributed by atoms with Crippen LogP contribution in [0.5, 0.6) is 0 Å². The van der Waals surface area contributed by atoms with E-state index in [0.29, 0.717) is 0 Å². The second-order valence-electron chi connectivity index (χ2n) is 5.00. The van der Waals surface area contributed by atoms with E-state index >= 15 is 0 Å². The number of methoxy groups -OCH3 is 2. The van der Waals surface area contributed by atoms with E-state index in [9.17, 15) is 19.8 Å². The largest absolute Gasteiger partial charge is 0.395 e. The summed E-state index contributed by atoms with van der Waals surface area (Å²) in [5.74, 6) is 0. The maximum absolute atomic E-state index is 12.5. The van der Waals surface area contributed by atoms with Crippen LogP contribution in [-0.2, 0) is 9.47 Å². The average molecular weight is 1100 g/mol. The van der Waals surface area contributed by atoms with Crippen molar-refractivity contribution in [1.29, 1.82) is 0 Å². The van der Waals surface area contributed by atoms with Crippen LogP contribution in [0.15, 0.2) is 0 Å². The molecule has 2 aliphatic rings. The Hall–Kier alpha value is -4.49. The van der Waals surface area contributed by atoms with Crippen molar-refractivity contribution in [3.63, 3.8) is 0 Å². The lowest BCUT2D eigenvalue weighted by molar-refractivity contribution is -0.00263. The normalized spacial score (nSPS) is 10.5. The second kappa shape index (κ2) is 243. The first-order chi connectivity index (χ1) is 30.6. The predicted octanol–water partition coefficient (Wildman–Crippen LogP) is 15.3. The van der Waals surface area contributed by atoms with Gasteiger partial charge in [-0.15, -0.1) is 0 Å². The molecule has 2 saturated heterocycles. The number of β-amino-alcohol motifs (C(OH)–C–C–N with tert-alkyl or cyclic N) is 2. The van der Waals surface area contributed by atoms with Gasteiger partial charge in [0.05, 0.1) is 13.2 Å². The Morgan fingerprint density at radius 1 is 0.333 bits per heavy atom. The molecule has 414 valence electrons. The first kappa shape index (κ1) is 130. The van der Waals surface area contributed by atoms with Gasteiger partial charge in [0.1, 0.15) is 19.6 Å². The van der Waals surface area contributed by atoms with Gasteiger partial charge in [-0.25, -0.2) is 9.59 Å². The number of urea groups is 2. The molecule has 0 radical (unpaired) electrons. The van der Waals surface area contributed by atoms with Crippen molar-refractivity contribution in [1.82, 2.24) is 19.6 Å². The van der Waals surface area contributed by atoms with Gasteiger partial charge in [-0.3, -0.25) is 24.3 Å². The number of aliphatic hydroxyl groups excluding tert-OH is 2. The van der Waals surface area contributed by atoms with Crippen LogP contribution in [0.3, 0.4) is 0 Å². The Balaban J connectivity index is -0.0000000212. The molecular formula is C12H23F41N4O6. The van der Waals surface area contributed by atoms with Gasteiger partial charge < -0.3 is 19.7 Å². The van der Waals surface area contributed by atoms with Crippen LogP contribution in [0.1, 0.15) is 0 Å². The van der Waals surface area contributed by atoms with E-state index in [1.165, 1.54) is 33.8 Å². The zero-order valence-corrected chi connectivity index (χ0v) is 28.2. The standard InChI is InChI=1S/C12H22N4O6.20F2.FH/c1-21-7-15-10-9(13(3-5-17)11(15)19)14(4-6-18)12(20)16(10)8-22-2;20*1-2;/h9-10,17-18H,3-8H2,1-2H3;;;;;;;;;;;;;;;;;;;;;1H. The molecule has 2 rings (SSSR count). The molecule has 4 amide bonds. The molecule has 0 aromatic heterocycles. The van der Waals surface area contributed by atoms with E-state index in [1.54, 1.807) is 0 Å². The fraction of sp³-hybridized carbons (Fsp3) is 0.833. The molecule has 51 heteroatoms. The summed E-state index contributed by atoms with van der Waals surface area (Å²) >= 11 is 0. The van der Waals surface area contributed by atoms with Crippen molar-refractivity contribution in [2.75, 3.05) is 54.0 Å². The highest BCUT2D eigenvalue weighted by Crippen LogP contribution is 2.34. The molecule has 10 nitrogen and oxygen atoms in total. The highest BCUT2D eigenvalue weighted by Gasteiger charge is 2.58. The van der Waals surface area contributed by atoms with E-state index in [-0.39, 0.29) is 56.5 Å². The highest BCUT2D eigenvalue weighted by atomic mass is 20.0. The monoisotopic (exact) mass is 1100 g/mol. The van der Waals surface area contributed by atoms with Gasteiger partial charge in [0, 0.05) is 210 Å². The summed E-state index contributed by atoms with van der Waals surface area (Å²) in [6, 6.07) is -0.662. The number of hydrogen-bond acceptors (Lipinski definition) is 6. The third-order valence-corrected chi connectivity index (χ3v) is 3.74. The minimum Gasteiger partial charge on any atom is -0.395 e. The molecular weight excluding hydrogens is 1080 g/mol. The second-order valence-corrected chi connectivity index (χ2v) is 5.00. The number of carbonyl (C=O) groups is 2. The van der Waals surface area contributed by atoms with E-state index in [2.05, 4.69) is 0 Å². The smallest absolute Gasteiger partial charge is 0.325 e. The molecule has 2 heterocycles. The van der Waals surface area contributed by atoms with Crippen molar-refractivity contribution >= 4 is 12.1 Å². The molecule has 0 saturated carbocycles. The van der Waals surface area contributed by atoms with E-state index in [0.717, 1.165) is 0 Å². The number of aliphatic hydroxyl groups is 2. The van der Waals surface area contributed by atoms with Crippen molar-refractivity contribution in [3.05, 3.63) is 0 Å². The molecule has 2 fully saturated rings. The van der Waals surface area contributed by atoms with Crippen molar-refractivity contribution in [2.45, 2.75) is 12.3 Å². The van der Waals surface area contributed by atoms with Crippen LogP contribution in [-0.4, -0.2) is 108 Å². The van der Waals surface area contributed by atoms with Gasteiger partial charge in [0.25, 0.3) is 0 Å². The average Bonchev–Trinajstić information content (AvgIpc) is 3.85. The predicted molar refractivity (Wildman–Crippen MR) is 120 cm³/mol. The lowest BCUT2D eigenvalue weighted by Crippen LogP contribution is -2.48. The molecule has 63 heavy (non-hydrogen) atoms. The summed E-state index contributed by atoms with van der Waals surface area (Å²) in [4.78, 5) is 30.6. The SMILES string of the molecule is COCN1C(=O)N(CCO)C2C1N(COC)C(=O)N2CCO.F.FF.FF.FF.FF.FF.FF.FF.FF.FF.FF.FF.FF.FF.FF.FF.FF.FF.FF.FF.FF. The van der Waals surface area contributed by atoms with Crippen LogP contribution in [0.2, 0.25) is 0 Å². The van der Waals surface area contributed by atoms with Crippen LogP contribution in [0.25, 0.3) is 0 Å². The van der Waals surface area contributed by atoms with Gasteiger partial charge in [-0.1, -0.05) is 0 Å². The summed E-state index contributed by atoms with van der Waals surface area (Å²) in [7, 11) is 2.92. The number of rotatable bonds is 8. The molecule has 0 unspecified atom stereocenters. The Morgan fingerprint density at radius 3 is 0.571 bits per heavy atom. The fourth-order valence-electron chi connectivity index (χ4n) is 2.98. The van der Waals surface area contributed by atoms with Crippen LogP contribution < -0.4 is 0 Å². The molecule has 0 aliphatic carbocycles. The number of fused-ring (bicyclic) bond motifs is 1. The summed E-state index contributed by atoms with van der Waals surface area (Å²) in [6.07, 6.45) is -1.18. The molecule has 0 aromatic carbocycles. The fourth-order valence-corrected chi connectivity index (χ4v) is 2.98. The zero-order valence-electron chi connectivity index (χ0n) is 28.2. The number of amides is 4. The number of nitrogens with zero attached hydrogens (tertiary/aromatic N) is 4. The number of halogens is 41. The highest BCUT2D eigenvalue weighted by molar-refractivity contribution is 5.85. The molecule has 0 atom stereocenters. The minimum atomic E-state index is -0.593. The van der Waals surface area contributed by atoms with E-state index in [4.69, 9.17) is 192 Å². The van der Waals surface area contributed by atoms with Gasteiger partial charge in [0.15, 0.2) is 6.17 Å². The molecule has 2 aliphatic heterocycles. The van der Waals surface area contributed by atoms with Crippen LogP contribution in [0.4, 0.5) is 197 Å². The van der Waals surface area contributed by atoms with Crippen molar-refractivity contribution < 1.29 is 217 Å². The number of hydrogen-bond donors (Lipinski definition) is 2. The van der Waals surface area contributed by atoms with Gasteiger partial charge in [0.2, 0.25) is 0 Å². The minimum absolute atomic E-state index is 0. The molecule has 2 N–H and O–H groups in total. The van der Waals surface area contributed by atoms with E-state index in [1.807, 2.05) is 0 Å². The lowest BCUT2D eigenvalue weighted by Gasteiger charge is -2.28. The molecule has 0 aromatic rings. The first-order valence-electron chi connectivity index (χ1n) is 9.82.